The summed E-state index contributed by atoms with van der Waals surface area (Å²) < 4.78 is 0. The van der Waals surface area contributed by atoms with Crippen LogP contribution >= 0.6 is 0 Å². The van der Waals surface area contributed by atoms with Gasteiger partial charge in [-0.3, -0.25) is 28.9 Å². The van der Waals surface area contributed by atoms with Gasteiger partial charge in [-0.1, -0.05) is 48.0 Å². The van der Waals surface area contributed by atoms with Gasteiger partial charge in [0.1, 0.15) is 5.75 Å². The smallest absolute Gasteiger partial charge is 0.305 e. The third-order valence-electron chi connectivity index (χ3n) is 8.45. The van der Waals surface area contributed by atoms with Crippen LogP contribution in [0.1, 0.15) is 37.7 Å². The fourth-order valence-electron chi connectivity index (χ4n) is 6.74. The number of carboxylic acids is 1. The Kier molecular flexibility index (Phi) is 5.45. The van der Waals surface area contributed by atoms with Gasteiger partial charge < -0.3 is 10.2 Å². The number of aromatic hydroxyl groups is 1. The molecule has 0 unspecified atom stereocenters. The molecular weight excluding hydrogens is 486 g/mol. The van der Waals surface area contributed by atoms with E-state index in [1.807, 2.05) is 24.3 Å². The molecule has 38 heavy (non-hydrogen) atoms. The molecule has 1 heterocycles. The van der Waals surface area contributed by atoms with E-state index in [0.29, 0.717) is 27.7 Å². The fraction of sp³-hybridized carbons (Fsp3) is 0.300. The lowest BCUT2D eigenvalue weighted by Crippen LogP contribution is -2.40. The monoisotopic (exact) mass is 511 g/mol. The van der Waals surface area contributed by atoms with Gasteiger partial charge in [-0.25, -0.2) is 0 Å². The maximum absolute atomic E-state index is 13.5. The first-order valence-corrected chi connectivity index (χ1v) is 12.7. The highest BCUT2D eigenvalue weighted by atomic mass is 16.4. The van der Waals surface area contributed by atoms with Gasteiger partial charge in [0.05, 0.1) is 18.3 Å². The number of ketones is 2. The second-order valence-electron chi connectivity index (χ2n) is 10.4. The SMILES string of the molecule is CC1=CC(=O)C2=C(C[C@@H]3C(=CC[C@@H]4C(=O)N(CCC(=O)O)C(=O)[C@@H]43)[C@@H]2c2ccc3ccccc3c2O)C1=O. The lowest BCUT2D eigenvalue weighted by molar-refractivity contribution is -0.142. The summed E-state index contributed by atoms with van der Waals surface area (Å²) in [5.41, 5.74) is 2.16. The van der Waals surface area contributed by atoms with Crippen molar-refractivity contribution in [2.45, 2.75) is 32.1 Å². The second-order valence-corrected chi connectivity index (χ2v) is 10.4. The molecule has 192 valence electrons. The maximum Gasteiger partial charge on any atom is 0.305 e. The number of likely N-dealkylation sites (tertiary alicyclic amines) is 1. The van der Waals surface area contributed by atoms with E-state index in [9.17, 15) is 29.1 Å². The first-order valence-electron chi connectivity index (χ1n) is 12.7. The average molecular weight is 512 g/mol. The molecule has 0 radical (unpaired) electrons. The van der Waals surface area contributed by atoms with Crippen molar-refractivity contribution in [1.82, 2.24) is 4.90 Å². The summed E-state index contributed by atoms with van der Waals surface area (Å²) in [4.78, 5) is 65.6. The van der Waals surface area contributed by atoms with E-state index < -0.39 is 41.5 Å². The van der Waals surface area contributed by atoms with Crippen LogP contribution in [0.4, 0.5) is 0 Å². The maximum atomic E-state index is 13.5. The first-order chi connectivity index (χ1) is 18.2. The summed E-state index contributed by atoms with van der Waals surface area (Å²) >= 11 is 0. The van der Waals surface area contributed by atoms with Crippen LogP contribution in [0, 0.1) is 17.8 Å². The third-order valence-corrected chi connectivity index (χ3v) is 8.45. The van der Waals surface area contributed by atoms with E-state index >= 15 is 0 Å². The third kappa shape index (κ3) is 3.40. The highest BCUT2D eigenvalue weighted by Gasteiger charge is 2.56. The number of Topliss-reactive ketones (excluding diaryl/α,β-unsaturated/α-hetero) is 1. The molecule has 4 aliphatic rings. The minimum atomic E-state index is -1.10. The minimum absolute atomic E-state index is 0.00653. The molecule has 0 bridgehead atoms. The van der Waals surface area contributed by atoms with E-state index in [1.54, 1.807) is 25.1 Å². The van der Waals surface area contributed by atoms with Gasteiger partial charge in [-0.2, -0.15) is 0 Å². The van der Waals surface area contributed by atoms with Crippen LogP contribution in [0.5, 0.6) is 5.75 Å². The summed E-state index contributed by atoms with van der Waals surface area (Å²) in [5.74, 6) is -5.19. The van der Waals surface area contributed by atoms with Crippen molar-refractivity contribution in [3.8, 4) is 5.75 Å². The lowest BCUT2D eigenvalue weighted by atomic mass is 9.59. The number of benzene rings is 2. The minimum Gasteiger partial charge on any atom is -0.507 e. The Balaban J connectivity index is 1.51. The summed E-state index contributed by atoms with van der Waals surface area (Å²) in [6.45, 7) is 1.38. The molecule has 2 aromatic rings. The van der Waals surface area contributed by atoms with Crippen LogP contribution < -0.4 is 0 Å². The average Bonchev–Trinajstić information content (AvgIpc) is 3.14. The Morgan fingerprint density at radius 3 is 2.55 bits per heavy atom. The summed E-state index contributed by atoms with van der Waals surface area (Å²) in [7, 11) is 0. The Bertz CT molecular complexity index is 1580. The summed E-state index contributed by atoms with van der Waals surface area (Å²) in [6.07, 6.45) is 3.26. The predicted molar refractivity (Wildman–Crippen MR) is 136 cm³/mol. The largest absolute Gasteiger partial charge is 0.507 e. The zero-order valence-corrected chi connectivity index (χ0v) is 20.6. The van der Waals surface area contributed by atoms with Gasteiger partial charge >= 0.3 is 5.97 Å². The molecule has 1 fully saturated rings. The number of fused-ring (bicyclic) bond motifs is 4. The molecule has 1 saturated heterocycles. The zero-order valence-electron chi connectivity index (χ0n) is 20.6. The normalized spacial score (nSPS) is 26.7. The number of carbonyl (C=O) groups is 5. The molecule has 2 N–H and O–H groups in total. The molecule has 0 saturated carbocycles. The summed E-state index contributed by atoms with van der Waals surface area (Å²) in [5, 5.41) is 21.9. The van der Waals surface area contributed by atoms with Crippen molar-refractivity contribution in [1.29, 1.82) is 0 Å². The van der Waals surface area contributed by atoms with Crippen LogP contribution in [-0.4, -0.2) is 51.0 Å². The zero-order chi connectivity index (χ0) is 26.9. The lowest BCUT2D eigenvalue weighted by Gasteiger charge is -2.42. The molecular formula is C30H25NO7. The van der Waals surface area contributed by atoms with Gasteiger partial charge in [0.2, 0.25) is 11.8 Å². The standard InChI is InChI=1S/C30H25NO7/c1-14-12-22(32)26-21(27(14)35)13-20-17(24(26)18-7-6-15-4-2-3-5-16(15)28(18)36)8-9-19-25(20)30(38)31(29(19)37)11-10-23(33)34/h2-8,12,19-20,24-25,36H,9-11,13H2,1H3,(H,33,34)/t19-,20+,24+,25-/m0/s1. The van der Waals surface area contributed by atoms with Crippen LogP contribution in [0.2, 0.25) is 0 Å². The molecule has 2 amide bonds. The van der Waals surface area contributed by atoms with Crippen molar-refractivity contribution in [2.24, 2.45) is 17.8 Å². The number of hydrogen-bond donors (Lipinski definition) is 2. The number of amides is 2. The number of hydrogen-bond acceptors (Lipinski definition) is 6. The van der Waals surface area contributed by atoms with E-state index in [4.69, 9.17) is 5.11 Å². The van der Waals surface area contributed by atoms with Crippen molar-refractivity contribution < 1.29 is 34.2 Å². The second kappa shape index (κ2) is 8.62. The number of nitrogens with zero attached hydrogens (tertiary/aromatic N) is 1. The number of phenols is 1. The van der Waals surface area contributed by atoms with Crippen molar-refractivity contribution in [3.05, 3.63) is 76.4 Å². The van der Waals surface area contributed by atoms with Gasteiger partial charge in [-0.05, 0) is 37.1 Å². The molecule has 1 aliphatic heterocycles. The number of carboxylic acid groups (broad SMARTS) is 1. The molecule has 8 heteroatoms. The Hall–Kier alpha value is -4.33. The highest BCUT2D eigenvalue weighted by Crippen LogP contribution is 2.56. The van der Waals surface area contributed by atoms with Crippen LogP contribution in [0.3, 0.4) is 0 Å². The molecule has 2 aromatic carbocycles. The number of imide groups is 1. The van der Waals surface area contributed by atoms with Crippen LogP contribution in [-0.2, 0) is 24.0 Å². The Labute approximate surface area is 217 Å². The first kappa shape index (κ1) is 24.0. The highest BCUT2D eigenvalue weighted by molar-refractivity contribution is 6.24. The molecule has 4 atom stereocenters. The van der Waals surface area contributed by atoms with Gasteiger partial charge in [-0.15, -0.1) is 0 Å². The number of carbonyl (C=O) groups excluding carboxylic acids is 4. The molecule has 0 aromatic heterocycles. The number of allylic oxidation sites excluding steroid dienone is 6. The molecule has 3 aliphatic carbocycles. The van der Waals surface area contributed by atoms with Crippen molar-refractivity contribution in [2.75, 3.05) is 6.54 Å². The topological polar surface area (TPSA) is 129 Å². The Morgan fingerprint density at radius 1 is 1.03 bits per heavy atom. The molecule has 0 spiro atoms. The van der Waals surface area contributed by atoms with Crippen molar-refractivity contribution >= 4 is 40.1 Å². The van der Waals surface area contributed by atoms with Crippen LogP contribution in [0.15, 0.2) is 70.8 Å². The van der Waals surface area contributed by atoms with Crippen molar-refractivity contribution in [3.63, 3.8) is 0 Å². The van der Waals surface area contributed by atoms with Crippen LogP contribution in [0.25, 0.3) is 10.8 Å². The van der Waals surface area contributed by atoms with E-state index in [-0.39, 0.29) is 43.1 Å². The number of rotatable bonds is 4. The number of phenolic OH excluding ortho intramolecular Hbond substituents is 1. The molecule has 8 nitrogen and oxygen atoms in total. The van der Waals surface area contributed by atoms with Gasteiger partial charge in [0.25, 0.3) is 0 Å². The molecule has 6 rings (SSSR count). The van der Waals surface area contributed by atoms with E-state index in [2.05, 4.69) is 0 Å². The van der Waals surface area contributed by atoms with E-state index in [1.165, 1.54) is 6.08 Å². The van der Waals surface area contributed by atoms with Gasteiger partial charge in [0, 0.05) is 40.1 Å². The number of aliphatic carboxylic acids is 1. The predicted octanol–water partition coefficient (Wildman–Crippen LogP) is 3.45. The quantitative estimate of drug-likeness (QED) is 0.365. The summed E-state index contributed by atoms with van der Waals surface area (Å²) in [6, 6.07) is 10.9. The van der Waals surface area contributed by atoms with E-state index in [0.717, 1.165) is 15.9 Å². The fourth-order valence-corrected chi connectivity index (χ4v) is 6.74. The van der Waals surface area contributed by atoms with Gasteiger partial charge in [0.15, 0.2) is 11.6 Å². The Morgan fingerprint density at radius 2 is 1.79 bits per heavy atom.